The summed E-state index contributed by atoms with van der Waals surface area (Å²) in [5, 5.41) is 0.545. The first-order valence-corrected chi connectivity index (χ1v) is 7.19. The minimum Gasteiger partial charge on any atom is -0.298 e. The SMILES string of the molecule is CCc1ccc(CC(=O)CSC(C)C)s1. The molecule has 0 fully saturated rings. The van der Waals surface area contributed by atoms with Crippen molar-refractivity contribution in [2.75, 3.05) is 5.75 Å². The smallest absolute Gasteiger partial charge is 0.147 e. The van der Waals surface area contributed by atoms with E-state index < -0.39 is 0 Å². The van der Waals surface area contributed by atoms with Gasteiger partial charge in [-0.1, -0.05) is 20.8 Å². The van der Waals surface area contributed by atoms with Gasteiger partial charge in [0.05, 0.1) is 5.75 Å². The third-order valence-electron chi connectivity index (χ3n) is 2.01. The number of ketones is 1. The summed E-state index contributed by atoms with van der Waals surface area (Å²) in [5.74, 6) is 0.995. The molecular formula is C12H18OS2. The lowest BCUT2D eigenvalue weighted by Crippen LogP contribution is -2.06. The van der Waals surface area contributed by atoms with Gasteiger partial charge in [0, 0.05) is 16.2 Å². The van der Waals surface area contributed by atoms with Crippen LogP contribution in [0.4, 0.5) is 0 Å². The second-order valence-electron chi connectivity index (χ2n) is 3.80. The monoisotopic (exact) mass is 242 g/mol. The van der Waals surface area contributed by atoms with E-state index in [1.807, 2.05) is 0 Å². The second kappa shape index (κ2) is 6.33. The summed E-state index contributed by atoms with van der Waals surface area (Å²) < 4.78 is 0. The lowest BCUT2D eigenvalue weighted by Gasteiger charge is -2.02. The molecule has 0 N–H and O–H groups in total. The first kappa shape index (κ1) is 12.8. The van der Waals surface area contributed by atoms with Crippen molar-refractivity contribution >= 4 is 28.9 Å². The standard InChI is InChI=1S/C12H18OS2/c1-4-11-5-6-12(15-11)7-10(13)8-14-9(2)3/h5-6,9H,4,7-8H2,1-3H3. The van der Waals surface area contributed by atoms with Crippen molar-refractivity contribution in [3.05, 3.63) is 21.9 Å². The summed E-state index contributed by atoms with van der Waals surface area (Å²) in [6.07, 6.45) is 1.68. The van der Waals surface area contributed by atoms with Crippen molar-refractivity contribution in [3.8, 4) is 0 Å². The van der Waals surface area contributed by atoms with Crippen LogP contribution in [0.15, 0.2) is 12.1 Å². The molecule has 1 aromatic heterocycles. The number of hydrogen-bond donors (Lipinski definition) is 0. The van der Waals surface area contributed by atoms with Crippen molar-refractivity contribution in [2.45, 2.75) is 38.9 Å². The highest BCUT2D eigenvalue weighted by molar-refractivity contribution is 8.00. The Balaban J connectivity index is 2.37. The zero-order valence-electron chi connectivity index (χ0n) is 9.58. The largest absolute Gasteiger partial charge is 0.298 e. The Morgan fingerprint density at radius 1 is 1.40 bits per heavy atom. The topological polar surface area (TPSA) is 17.1 Å². The molecule has 0 saturated heterocycles. The molecule has 0 aliphatic carbocycles. The van der Waals surface area contributed by atoms with Gasteiger partial charge in [0.15, 0.2) is 0 Å². The Morgan fingerprint density at radius 2 is 2.07 bits per heavy atom. The van der Waals surface area contributed by atoms with Crippen molar-refractivity contribution in [2.24, 2.45) is 0 Å². The van der Waals surface area contributed by atoms with Crippen LogP contribution in [0.25, 0.3) is 0 Å². The van der Waals surface area contributed by atoms with Gasteiger partial charge in [-0.25, -0.2) is 0 Å². The van der Waals surface area contributed by atoms with E-state index in [4.69, 9.17) is 0 Å². The normalized spacial score (nSPS) is 10.9. The predicted octanol–water partition coefficient (Wildman–Crippen LogP) is 3.56. The van der Waals surface area contributed by atoms with Gasteiger partial charge in [-0.15, -0.1) is 11.3 Å². The van der Waals surface area contributed by atoms with Crippen molar-refractivity contribution < 1.29 is 4.79 Å². The molecular weight excluding hydrogens is 224 g/mol. The number of aryl methyl sites for hydroxylation is 1. The van der Waals surface area contributed by atoms with Gasteiger partial charge in [0.1, 0.15) is 5.78 Å². The minimum absolute atomic E-state index is 0.346. The summed E-state index contributed by atoms with van der Waals surface area (Å²) in [6.45, 7) is 6.39. The van der Waals surface area contributed by atoms with Crippen LogP contribution < -0.4 is 0 Å². The molecule has 0 aromatic carbocycles. The van der Waals surface area contributed by atoms with E-state index in [9.17, 15) is 4.79 Å². The summed E-state index contributed by atoms with van der Waals surface area (Å²) in [4.78, 5) is 14.2. The molecule has 1 heterocycles. The van der Waals surface area contributed by atoms with E-state index in [-0.39, 0.29) is 0 Å². The molecule has 0 radical (unpaired) electrons. The van der Waals surface area contributed by atoms with Gasteiger partial charge in [-0.3, -0.25) is 4.79 Å². The van der Waals surface area contributed by atoms with Crippen LogP contribution in [0.3, 0.4) is 0 Å². The zero-order chi connectivity index (χ0) is 11.3. The number of thioether (sulfide) groups is 1. The van der Waals surface area contributed by atoms with Crippen molar-refractivity contribution in [3.63, 3.8) is 0 Å². The van der Waals surface area contributed by atoms with E-state index in [1.54, 1.807) is 23.1 Å². The molecule has 15 heavy (non-hydrogen) atoms. The number of carbonyl (C=O) groups excluding carboxylic acids is 1. The molecule has 0 unspecified atom stereocenters. The Morgan fingerprint density at radius 3 is 2.60 bits per heavy atom. The van der Waals surface area contributed by atoms with Crippen LogP contribution in [0.2, 0.25) is 0 Å². The lowest BCUT2D eigenvalue weighted by atomic mass is 10.2. The molecule has 0 spiro atoms. The molecule has 1 rings (SSSR count). The first-order valence-electron chi connectivity index (χ1n) is 5.32. The van der Waals surface area contributed by atoms with E-state index in [2.05, 4.69) is 32.9 Å². The second-order valence-corrected chi connectivity index (χ2v) is 6.61. The minimum atomic E-state index is 0.346. The molecule has 3 heteroatoms. The molecule has 0 aliphatic rings. The molecule has 0 atom stereocenters. The Hall–Kier alpha value is -0.280. The number of rotatable bonds is 6. The van der Waals surface area contributed by atoms with E-state index in [0.29, 0.717) is 23.2 Å². The third-order valence-corrected chi connectivity index (χ3v) is 4.40. The van der Waals surface area contributed by atoms with Gasteiger partial charge in [-0.05, 0) is 23.8 Å². The summed E-state index contributed by atoms with van der Waals surface area (Å²) in [7, 11) is 0. The fraction of sp³-hybridized carbons (Fsp3) is 0.583. The van der Waals surface area contributed by atoms with E-state index in [0.717, 1.165) is 6.42 Å². The van der Waals surface area contributed by atoms with Crippen LogP contribution >= 0.6 is 23.1 Å². The highest BCUT2D eigenvalue weighted by atomic mass is 32.2. The Bertz CT molecular complexity index is 315. The molecule has 0 saturated carbocycles. The van der Waals surface area contributed by atoms with E-state index in [1.165, 1.54) is 9.75 Å². The number of Topliss-reactive ketones (excluding diaryl/α,β-unsaturated/α-hetero) is 1. The van der Waals surface area contributed by atoms with Gasteiger partial charge < -0.3 is 0 Å². The predicted molar refractivity (Wildman–Crippen MR) is 70.0 cm³/mol. The van der Waals surface area contributed by atoms with Crippen LogP contribution in [0.1, 0.15) is 30.5 Å². The van der Waals surface area contributed by atoms with Crippen LogP contribution in [-0.4, -0.2) is 16.8 Å². The van der Waals surface area contributed by atoms with Crippen molar-refractivity contribution in [1.29, 1.82) is 0 Å². The average Bonchev–Trinajstić information content (AvgIpc) is 2.62. The Kier molecular flexibility index (Phi) is 5.40. The van der Waals surface area contributed by atoms with Gasteiger partial charge in [-0.2, -0.15) is 11.8 Å². The third kappa shape index (κ3) is 4.85. The molecule has 0 bridgehead atoms. The maximum absolute atomic E-state index is 11.6. The number of thiophene rings is 1. The summed E-state index contributed by atoms with van der Waals surface area (Å²) >= 11 is 3.49. The first-order chi connectivity index (χ1) is 7.11. The highest BCUT2D eigenvalue weighted by Crippen LogP contribution is 2.18. The molecule has 0 amide bonds. The fourth-order valence-corrected chi connectivity index (χ4v) is 2.82. The lowest BCUT2D eigenvalue weighted by molar-refractivity contribution is -0.115. The van der Waals surface area contributed by atoms with Crippen molar-refractivity contribution in [1.82, 2.24) is 0 Å². The summed E-state index contributed by atoms with van der Waals surface area (Å²) in [6, 6.07) is 4.21. The van der Waals surface area contributed by atoms with Gasteiger partial charge in [0.25, 0.3) is 0 Å². The molecule has 84 valence electrons. The molecule has 1 aromatic rings. The quantitative estimate of drug-likeness (QED) is 0.758. The average molecular weight is 242 g/mol. The van der Waals surface area contributed by atoms with Crippen LogP contribution in [0.5, 0.6) is 0 Å². The van der Waals surface area contributed by atoms with Gasteiger partial charge >= 0.3 is 0 Å². The van der Waals surface area contributed by atoms with E-state index >= 15 is 0 Å². The summed E-state index contributed by atoms with van der Waals surface area (Å²) in [5.41, 5.74) is 0. The maximum atomic E-state index is 11.6. The van der Waals surface area contributed by atoms with Crippen LogP contribution in [0, 0.1) is 0 Å². The molecule has 1 nitrogen and oxygen atoms in total. The number of hydrogen-bond acceptors (Lipinski definition) is 3. The van der Waals surface area contributed by atoms with Gasteiger partial charge in [0.2, 0.25) is 0 Å². The zero-order valence-corrected chi connectivity index (χ0v) is 11.2. The highest BCUT2D eigenvalue weighted by Gasteiger charge is 2.07. The maximum Gasteiger partial charge on any atom is 0.147 e. The number of carbonyl (C=O) groups is 1. The van der Waals surface area contributed by atoms with Crippen LogP contribution in [-0.2, 0) is 17.6 Å². The fourth-order valence-electron chi connectivity index (χ4n) is 1.21. The Labute approximate surface area is 100 Å². The molecule has 0 aliphatic heterocycles.